The predicted molar refractivity (Wildman–Crippen MR) is 82.8 cm³/mol. The minimum Gasteiger partial charge on any atom is -0.377 e. The molecule has 0 aromatic heterocycles. The second-order valence-corrected chi connectivity index (χ2v) is 5.52. The largest absolute Gasteiger partial charge is 0.377 e. The molecule has 0 aliphatic rings. The van der Waals surface area contributed by atoms with Crippen LogP contribution in [0.4, 0.5) is 0 Å². The van der Waals surface area contributed by atoms with Gasteiger partial charge >= 0.3 is 0 Å². The first-order chi connectivity index (χ1) is 9.01. The number of hydrogen-bond donors (Lipinski definition) is 1. The third kappa shape index (κ3) is 3.80. The van der Waals surface area contributed by atoms with E-state index in [1.807, 2.05) is 14.2 Å². The van der Waals surface area contributed by atoms with Gasteiger partial charge in [0.15, 0.2) is 0 Å². The molecule has 0 saturated carbocycles. The van der Waals surface area contributed by atoms with Gasteiger partial charge in [-0.15, -0.1) is 0 Å². The molecule has 1 aromatic rings. The molecule has 1 aromatic carbocycles. The maximum atomic E-state index is 5.86. The van der Waals surface area contributed by atoms with Gasteiger partial charge in [-0.3, -0.25) is 0 Å². The van der Waals surface area contributed by atoms with Crippen molar-refractivity contribution in [3.05, 3.63) is 34.9 Å². The molecule has 0 fully saturated rings. The average molecular weight is 263 g/mol. The Morgan fingerprint density at radius 3 is 2.00 bits per heavy atom. The number of benzene rings is 1. The van der Waals surface area contributed by atoms with Crippen molar-refractivity contribution in [2.75, 3.05) is 14.2 Å². The van der Waals surface area contributed by atoms with Gasteiger partial charge in [0, 0.05) is 13.2 Å². The number of methoxy groups -OCH3 is 1. The Kier molecular flexibility index (Phi) is 6.02. The van der Waals surface area contributed by atoms with Crippen LogP contribution < -0.4 is 5.32 Å². The number of hydrogen-bond acceptors (Lipinski definition) is 2. The highest BCUT2D eigenvalue weighted by atomic mass is 16.5. The van der Waals surface area contributed by atoms with Crippen molar-refractivity contribution in [2.24, 2.45) is 0 Å². The number of likely N-dealkylation sites (N-methyl/N-ethyl adjacent to an activating group) is 1. The fourth-order valence-electron chi connectivity index (χ4n) is 3.15. The van der Waals surface area contributed by atoms with Gasteiger partial charge in [-0.1, -0.05) is 43.2 Å². The van der Waals surface area contributed by atoms with E-state index in [1.54, 1.807) is 0 Å². The summed E-state index contributed by atoms with van der Waals surface area (Å²) in [5, 5.41) is 3.46. The number of rotatable bonds is 7. The molecule has 108 valence electrons. The van der Waals surface area contributed by atoms with Crippen LogP contribution in [-0.2, 0) is 11.2 Å². The lowest BCUT2D eigenvalue weighted by atomic mass is 9.84. The lowest BCUT2D eigenvalue weighted by Gasteiger charge is -2.38. The van der Waals surface area contributed by atoms with Crippen molar-refractivity contribution in [1.29, 1.82) is 0 Å². The fourth-order valence-corrected chi connectivity index (χ4v) is 3.15. The molecule has 0 aliphatic carbocycles. The lowest BCUT2D eigenvalue weighted by Crippen LogP contribution is -2.51. The van der Waals surface area contributed by atoms with Crippen molar-refractivity contribution >= 4 is 0 Å². The smallest absolute Gasteiger partial charge is 0.0828 e. The zero-order valence-corrected chi connectivity index (χ0v) is 13.3. The zero-order chi connectivity index (χ0) is 14.5. The molecule has 2 heteroatoms. The summed E-state index contributed by atoms with van der Waals surface area (Å²) >= 11 is 0. The van der Waals surface area contributed by atoms with Crippen LogP contribution in [0.2, 0.25) is 0 Å². The van der Waals surface area contributed by atoms with Crippen LogP contribution in [0.15, 0.2) is 18.2 Å². The summed E-state index contributed by atoms with van der Waals surface area (Å²) in [5.41, 5.74) is 3.98. The molecule has 0 radical (unpaired) electrons. The molecular formula is C17H29NO. The summed E-state index contributed by atoms with van der Waals surface area (Å²) in [6.45, 7) is 8.74. The van der Waals surface area contributed by atoms with Crippen molar-refractivity contribution in [2.45, 2.75) is 58.6 Å². The van der Waals surface area contributed by atoms with Crippen LogP contribution in [-0.4, -0.2) is 25.8 Å². The summed E-state index contributed by atoms with van der Waals surface area (Å²) in [4.78, 5) is 0. The molecule has 0 amide bonds. The Balaban J connectivity index is 2.98. The van der Waals surface area contributed by atoms with Crippen molar-refractivity contribution in [3.63, 3.8) is 0 Å². The molecule has 0 bridgehead atoms. The highest BCUT2D eigenvalue weighted by Gasteiger charge is 2.34. The van der Waals surface area contributed by atoms with Gasteiger partial charge in [-0.05, 0) is 45.7 Å². The van der Waals surface area contributed by atoms with Crippen LogP contribution >= 0.6 is 0 Å². The summed E-state index contributed by atoms with van der Waals surface area (Å²) in [6, 6.07) is 7.13. The third-order valence-corrected chi connectivity index (χ3v) is 4.31. The first-order valence-electron chi connectivity index (χ1n) is 7.30. The summed E-state index contributed by atoms with van der Waals surface area (Å²) in [6.07, 6.45) is 3.06. The van der Waals surface area contributed by atoms with Gasteiger partial charge in [0.05, 0.1) is 5.60 Å². The average Bonchev–Trinajstić information content (AvgIpc) is 2.38. The SMILES string of the molecule is CCC(CC)(OC)C(Cc1cc(C)cc(C)c1)NC. The van der Waals surface area contributed by atoms with E-state index in [-0.39, 0.29) is 5.60 Å². The topological polar surface area (TPSA) is 21.3 Å². The molecule has 0 heterocycles. The Morgan fingerprint density at radius 1 is 1.11 bits per heavy atom. The van der Waals surface area contributed by atoms with E-state index in [1.165, 1.54) is 16.7 Å². The van der Waals surface area contributed by atoms with Gasteiger partial charge in [0.2, 0.25) is 0 Å². The third-order valence-electron chi connectivity index (χ3n) is 4.31. The van der Waals surface area contributed by atoms with Gasteiger partial charge in [0.1, 0.15) is 0 Å². The first-order valence-corrected chi connectivity index (χ1v) is 7.30. The number of aryl methyl sites for hydroxylation is 2. The van der Waals surface area contributed by atoms with Crippen LogP contribution in [0.1, 0.15) is 43.4 Å². The van der Waals surface area contributed by atoms with Crippen molar-refractivity contribution in [1.82, 2.24) is 5.32 Å². The van der Waals surface area contributed by atoms with Crippen LogP contribution in [0, 0.1) is 13.8 Å². The predicted octanol–water partition coefficient (Wildman–Crippen LogP) is 3.64. The van der Waals surface area contributed by atoms with Gasteiger partial charge in [-0.2, -0.15) is 0 Å². The number of nitrogens with one attached hydrogen (secondary N) is 1. The normalized spacial score (nSPS) is 13.6. The fraction of sp³-hybridized carbons (Fsp3) is 0.647. The molecule has 2 nitrogen and oxygen atoms in total. The van der Waals surface area contributed by atoms with Gasteiger partial charge in [0.25, 0.3) is 0 Å². The lowest BCUT2D eigenvalue weighted by molar-refractivity contribution is -0.0454. The van der Waals surface area contributed by atoms with Crippen molar-refractivity contribution < 1.29 is 4.74 Å². The van der Waals surface area contributed by atoms with E-state index in [2.05, 4.69) is 51.2 Å². The second-order valence-electron chi connectivity index (χ2n) is 5.52. The van der Waals surface area contributed by atoms with E-state index in [0.717, 1.165) is 19.3 Å². The van der Waals surface area contributed by atoms with Crippen LogP contribution in [0.5, 0.6) is 0 Å². The zero-order valence-electron chi connectivity index (χ0n) is 13.3. The maximum absolute atomic E-state index is 5.86. The van der Waals surface area contributed by atoms with E-state index >= 15 is 0 Å². The van der Waals surface area contributed by atoms with Crippen molar-refractivity contribution in [3.8, 4) is 0 Å². The summed E-state index contributed by atoms with van der Waals surface area (Å²) in [5.74, 6) is 0. The quantitative estimate of drug-likeness (QED) is 0.811. The van der Waals surface area contributed by atoms with E-state index in [0.29, 0.717) is 6.04 Å². The molecule has 1 atom stereocenters. The summed E-state index contributed by atoms with van der Waals surface area (Å²) in [7, 11) is 3.87. The minimum atomic E-state index is -0.0770. The van der Waals surface area contributed by atoms with Crippen LogP contribution in [0.3, 0.4) is 0 Å². The Morgan fingerprint density at radius 2 is 1.63 bits per heavy atom. The Bertz CT molecular complexity index is 368. The molecule has 1 rings (SSSR count). The first kappa shape index (κ1) is 16.2. The molecule has 1 N–H and O–H groups in total. The highest BCUT2D eigenvalue weighted by molar-refractivity contribution is 5.29. The molecule has 0 saturated heterocycles. The maximum Gasteiger partial charge on any atom is 0.0828 e. The van der Waals surface area contributed by atoms with E-state index in [4.69, 9.17) is 4.74 Å². The summed E-state index contributed by atoms with van der Waals surface area (Å²) < 4.78 is 5.86. The monoisotopic (exact) mass is 263 g/mol. The molecule has 0 aliphatic heterocycles. The molecule has 0 spiro atoms. The number of ether oxygens (including phenoxy) is 1. The minimum absolute atomic E-state index is 0.0770. The highest BCUT2D eigenvalue weighted by Crippen LogP contribution is 2.27. The van der Waals surface area contributed by atoms with E-state index < -0.39 is 0 Å². The van der Waals surface area contributed by atoms with Crippen LogP contribution in [0.25, 0.3) is 0 Å². The Hall–Kier alpha value is -0.860. The Labute approximate surface area is 118 Å². The molecule has 19 heavy (non-hydrogen) atoms. The molecule has 1 unspecified atom stereocenters. The second kappa shape index (κ2) is 7.06. The standard InChI is InChI=1S/C17H29NO/c1-7-17(8-2,19-6)16(18-5)12-15-10-13(3)9-14(4)11-15/h9-11,16,18H,7-8,12H2,1-6H3. The van der Waals surface area contributed by atoms with Gasteiger partial charge in [-0.25, -0.2) is 0 Å². The van der Waals surface area contributed by atoms with Gasteiger partial charge < -0.3 is 10.1 Å². The molecular weight excluding hydrogens is 234 g/mol. The van der Waals surface area contributed by atoms with E-state index in [9.17, 15) is 0 Å².